The van der Waals surface area contributed by atoms with E-state index in [1.54, 1.807) is 25.1 Å². The van der Waals surface area contributed by atoms with Gasteiger partial charge in [0.2, 0.25) is 0 Å². The minimum absolute atomic E-state index is 0.0199. The lowest BCUT2D eigenvalue weighted by atomic mass is 9.97. The van der Waals surface area contributed by atoms with Crippen molar-refractivity contribution in [2.45, 2.75) is 13.8 Å². The van der Waals surface area contributed by atoms with E-state index in [0.717, 1.165) is 16.7 Å². The molecule has 5 nitrogen and oxygen atoms in total. The molecule has 2 aromatic carbocycles. The third-order valence-corrected chi connectivity index (χ3v) is 3.54. The van der Waals surface area contributed by atoms with Gasteiger partial charge >= 0.3 is 0 Å². The first-order chi connectivity index (χ1) is 11.4. The van der Waals surface area contributed by atoms with Crippen molar-refractivity contribution in [2.24, 2.45) is 5.73 Å². The second kappa shape index (κ2) is 7.37. The quantitative estimate of drug-likeness (QED) is 0.349. The fourth-order valence-electron chi connectivity index (χ4n) is 2.29. The third-order valence-electron chi connectivity index (χ3n) is 3.54. The van der Waals surface area contributed by atoms with Gasteiger partial charge in [0.05, 0.1) is 0 Å². The van der Waals surface area contributed by atoms with E-state index in [0.29, 0.717) is 11.1 Å². The van der Waals surface area contributed by atoms with Crippen molar-refractivity contribution in [2.75, 3.05) is 0 Å². The maximum absolute atomic E-state index is 11.9. The lowest BCUT2D eigenvalue weighted by molar-refractivity contribution is -0.116. The summed E-state index contributed by atoms with van der Waals surface area (Å²) in [5.74, 6) is -0.781. The predicted octanol–water partition coefficient (Wildman–Crippen LogP) is 2.97. The molecule has 2 aromatic rings. The molecule has 0 saturated heterocycles. The average molecular weight is 321 g/mol. The summed E-state index contributed by atoms with van der Waals surface area (Å²) in [6, 6.07) is 15.0. The predicted molar refractivity (Wildman–Crippen MR) is 95.6 cm³/mol. The van der Waals surface area contributed by atoms with E-state index in [4.69, 9.17) is 11.1 Å². The van der Waals surface area contributed by atoms with Gasteiger partial charge in [0.15, 0.2) is 11.7 Å². The summed E-state index contributed by atoms with van der Waals surface area (Å²) in [5.41, 5.74) is 9.04. The van der Waals surface area contributed by atoms with Crippen LogP contribution in [-0.4, -0.2) is 17.6 Å². The molecule has 0 aromatic heterocycles. The SMILES string of the molecule is CC(=O)c1ccc(-c2ccccc2/C=C(\C)C(=O)NC(=N)N)cc1. The van der Waals surface area contributed by atoms with E-state index in [9.17, 15) is 9.59 Å². The number of nitrogens with two attached hydrogens (primary N) is 1. The Bertz CT molecular complexity index is 821. The van der Waals surface area contributed by atoms with E-state index in [1.165, 1.54) is 6.92 Å². The average Bonchev–Trinajstić information content (AvgIpc) is 2.54. The molecule has 0 radical (unpaired) electrons. The van der Waals surface area contributed by atoms with Crippen LogP contribution in [0.4, 0.5) is 0 Å². The Morgan fingerprint density at radius 3 is 2.25 bits per heavy atom. The molecule has 0 atom stereocenters. The minimum Gasteiger partial charge on any atom is -0.370 e. The zero-order valence-corrected chi connectivity index (χ0v) is 13.6. The molecule has 0 spiro atoms. The number of carbonyl (C=O) groups is 2. The van der Waals surface area contributed by atoms with E-state index < -0.39 is 5.91 Å². The minimum atomic E-state index is -0.413. The smallest absolute Gasteiger partial charge is 0.253 e. The van der Waals surface area contributed by atoms with Gasteiger partial charge < -0.3 is 5.73 Å². The number of amides is 1. The Labute approximate surface area is 140 Å². The summed E-state index contributed by atoms with van der Waals surface area (Å²) in [5, 5.41) is 9.38. The molecule has 122 valence electrons. The summed E-state index contributed by atoms with van der Waals surface area (Å²) in [7, 11) is 0. The Morgan fingerprint density at radius 2 is 1.67 bits per heavy atom. The van der Waals surface area contributed by atoms with Crippen molar-refractivity contribution in [3.8, 4) is 11.1 Å². The zero-order valence-electron chi connectivity index (χ0n) is 13.6. The molecule has 0 aliphatic carbocycles. The van der Waals surface area contributed by atoms with Gasteiger partial charge in [-0.2, -0.15) is 0 Å². The van der Waals surface area contributed by atoms with Gasteiger partial charge in [-0.15, -0.1) is 0 Å². The summed E-state index contributed by atoms with van der Waals surface area (Å²) < 4.78 is 0. The molecule has 0 saturated carbocycles. The van der Waals surface area contributed by atoms with Gasteiger partial charge in [0.25, 0.3) is 5.91 Å². The standard InChI is InChI=1S/C19H19N3O2/c1-12(18(24)22-19(20)21)11-16-5-3-4-6-17(16)15-9-7-14(8-10-15)13(2)23/h3-11H,1-2H3,(H4,20,21,22,24)/b12-11+. The van der Waals surface area contributed by atoms with Crippen LogP contribution in [0.2, 0.25) is 0 Å². The highest BCUT2D eigenvalue weighted by Gasteiger charge is 2.08. The van der Waals surface area contributed by atoms with Crippen LogP contribution in [-0.2, 0) is 4.79 Å². The topological polar surface area (TPSA) is 96.0 Å². The normalized spacial score (nSPS) is 11.0. The lowest BCUT2D eigenvalue weighted by Gasteiger charge is -2.09. The van der Waals surface area contributed by atoms with Gasteiger partial charge in [-0.25, -0.2) is 0 Å². The summed E-state index contributed by atoms with van der Waals surface area (Å²) in [6.07, 6.45) is 1.74. The highest BCUT2D eigenvalue weighted by Crippen LogP contribution is 2.26. The van der Waals surface area contributed by atoms with Crippen LogP contribution in [0.15, 0.2) is 54.1 Å². The van der Waals surface area contributed by atoms with E-state index in [-0.39, 0.29) is 11.7 Å². The van der Waals surface area contributed by atoms with Gasteiger partial charge in [0.1, 0.15) is 0 Å². The Kier molecular flexibility index (Phi) is 5.27. The summed E-state index contributed by atoms with van der Waals surface area (Å²) in [6.45, 7) is 3.19. The molecule has 5 heteroatoms. The first-order valence-electron chi connectivity index (χ1n) is 7.42. The van der Waals surface area contributed by atoms with Gasteiger partial charge in [-0.3, -0.25) is 20.3 Å². The van der Waals surface area contributed by atoms with E-state index >= 15 is 0 Å². The second-order valence-corrected chi connectivity index (χ2v) is 5.42. The monoisotopic (exact) mass is 321 g/mol. The number of guanidine groups is 1. The zero-order chi connectivity index (χ0) is 17.7. The first-order valence-corrected chi connectivity index (χ1v) is 7.42. The van der Waals surface area contributed by atoms with Crippen molar-refractivity contribution < 1.29 is 9.59 Å². The van der Waals surface area contributed by atoms with Crippen molar-refractivity contribution >= 4 is 23.7 Å². The maximum Gasteiger partial charge on any atom is 0.253 e. The number of hydrogen-bond donors (Lipinski definition) is 3. The van der Waals surface area contributed by atoms with Crippen LogP contribution in [0, 0.1) is 5.41 Å². The molecular weight excluding hydrogens is 302 g/mol. The van der Waals surface area contributed by atoms with Crippen LogP contribution in [0.1, 0.15) is 29.8 Å². The van der Waals surface area contributed by atoms with Crippen LogP contribution >= 0.6 is 0 Å². The number of carbonyl (C=O) groups excluding carboxylic acids is 2. The molecule has 0 bridgehead atoms. The highest BCUT2D eigenvalue weighted by atomic mass is 16.1. The second-order valence-electron chi connectivity index (χ2n) is 5.42. The fraction of sp³-hybridized carbons (Fsp3) is 0.105. The van der Waals surface area contributed by atoms with Crippen molar-refractivity contribution in [1.29, 1.82) is 5.41 Å². The maximum atomic E-state index is 11.9. The van der Waals surface area contributed by atoms with Gasteiger partial charge in [-0.05, 0) is 36.6 Å². The molecule has 24 heavy (non-hydrogen) atoms. The molecule has 4 N–H and O–H groups in total. The molecule has 2 rings (SSSR count). The number of rotatable bonds is 4. The van der Waals surface area contributed by atoms with Crippen LogP contribution < -0.4 is 11.1 Å². The van der Waals surface area contributed by atoms with Crippen LogP contribution in [0.5, 0.6) is 0 Å². The molecule has 0 aliphatic heterocycles. The molecular formula is C19H19N3O2. The Hall–Kier alpha value is -3.21. The van der Waals surface area contributed by atoms with Gasteiger partial charge in [-0.1, -0.05) is 48.5 Å². The molecule has 0 unspecified atom stereocenters. The Morgan fingerprint density at radius 1 is 1.04 bits per heavy atom. The molecule has 1 amide bonds. The third kappa shape index (κ3) is 4.16. The molecule has 0 heterocycles. The van der Waals surface area contributed by atoms with Gasteiger partial charge in [0, 0.05) is 11.1 Å². The van der Waals surface area contributed by atoms with Crippen molar-refractivity contribution in [3.63, 3.8) is 0 Å². The number of hydrogen-bond acceptors (Lipinski definition) is 3. The van der Waals surface area contributed by atoms with Crippen LogP contribution in [0.3, 0.4) is 0 Å². The van der Waals surface area contributed by atoms with Crippen molar-refractivity contribution in [1.82, 2.24) is 5.32 Å². The fourth-order valence-corrected chi connectivity index (χ4v) is 2.29. The highest BCUT2D eigenvalue weighted by molar-refractivity contribution is 6.06. The first kappa shape index (κ1) is 17.1. The number of benzene rings is 2. The Balaban J connectivity index is 2.38. The molecule has 0 fully saturated rings. The van der Waals surface area contributed by atoms with E-state index in [1.807, 2.05) is 36.4 Å². The lowest BCUT2D eigenvalue weighted by Crippen LogP contribution is -2.36. The largest absolute Gasteiger partial charge is 0.370 e. The van der Waals surface area contributed by atoms with E-state index in [2.05, 4.69) is 5.32 Å². The molecule has 0 aliphatic rings. The summed E-state index contributed by atoms with van der Waals surface area (Å²) in [4.78, 5) is 23.3. The van der Waals surface area contributed by atoms with Crippen LogP contribution in [0.25, 0.3) is 17.2 Å². The number of ketones is 1. The number of Topliss-reactive ketones (excluding diaryl/α,β-unsaturated/α-hetero) is 1. The summed E-state index contributed by atoms with van der Waals surface area (Å²) >= 11 is 0. The van der Waals surface area contributed by atoms with Crippen molar-refractivity contribution in [3.05, 3.63) is 65.2 Å². The number of nitrogens with one attached hydrogen (secondary N) is 2.